The Kier molecular flexibility index (Phi) is 4.80. The smallest absolute Gasteiger partial charge is 0.317 e. The molecule has 1 fully saturated rings. The Labute approximate surface area is 143 Å². The third-order valence-electron chi connectivity index (χ3n) is 6.21. The molecular weight excluding hydrogens is 306 g/mol. The average molecular weight is 335 g/mol. The van der Waals surface area contributed by atoms with Crippen molar-refractivity contribution in [2.45, 2.75) is 71.2 Å². The van der Waals surface area contributed by atoms with Gasteiger partial charge in [0, 0.05) is 38.6 Å². The van der Waals surface area contributed by atoms with Crippen LogP contribution in [0.5, 0.6) is 0 Å². The first-order chi connectivity index (χ1) is 11.6. The number of carbonyl (C=O) groups excluding carboxylic acids is 1. The summed E-state index contributed by atoms with van der Waals surface area (Å²) >= 11 is 0. The van der Waals surface area contributed by atoms with E-state index in [-0.39, 0.29) is 23.6 Å². The van der Waals surface area contributed by atoms with E-state index in [1.54, 1.807) is 7.11 Å². The minimum absolute atomic E-state index is 0.0452. The molecule has 3 rings (SSSR count). The highest BCUT2D eigenvalue weighted by Crippen LogP contribution is 2.50. The molecule has 1 aliphatic carbocycles. The van der Waals surface area contributed by atoms with Crippen molar-refractivity contribution in [2.75, 3.05) is 14.2 Å². The van der Waals surface area contributed by atoms with Crippen molar-refractivity contribution < 1.29 is 9.53 Å². The summed E-state index contributed by atoms with van der Waals surface area (Å²) < 4.78 is 7.75. The Bertz CT molecular complexity index is 596. The molecular formula is C17H29N5O2. The van der Waals surface area contributed by atoms with Gasteiger partial charge in [-0.15, -0.1) is 10.2 Å². The lowest BCUT2D eigenvalue weighted by molar-refractivity contribution is -0.146. The summed E-state index contributed by atoms with van der Waals surface area (Å²) in [5, 5.41) is 11.4. The van der Waals surface area contributed by atoms with Crippen LogP contribution in [0.4, 0.5) is 4.79 Å². The zero-order chi connectivity index (χ0) is 17.3. The standard InChI is InChI=1S/C17H29N5O2/c1-5-17(6-2)12(10-13(17)24-4)21(3)16(23)18-11-15-20-19-14-8-7-9-22(14)15/h12-13H,5-11H2,1-4H3,(H,18,23). The summed E-state index contributed by atoms with van der Waals surface area (Å²) in [5.41, 5.74) is 0.0664. The zero-order valence-corrected chi connectivity index (χ0v) is 15.2. The van der Waals surface area contributed by atoms with Gasteiger partial charge in [0.15, 0.2) is 5.82 Å². The van der Waals surface area contributed by atoms with E-state index in [0.29, 0.717) is 6.54 Å². The van der Waals surface area contributed by atoms with Crippen LogP contribution >= 0.6 is 0 Å². The average Bonchev–Trinajstić information content (AvgIpc) is 3.17. The fraction of sp³-hybridized carbons (Fsp3) is 0.824. The lowest BCUT2D eigenvalue weighted by Crippen LogP contribution is -2.65. The number of aryl methyl sites for hydroxylation is 1. The summed E-state index contributed by atoms with van der Waals surface area (Å²) in [6.45, 7) is 5.76. The van der Waals surface area contributed by atoms with Crippen LogP contribution in [0.2, 0.25) is 0 Å². The van der Waals surface area contributed by atoms with E-state index in [1.165, 1.54) is 0 Å². The number of methoxy groups -OCH3 is 1. The molecule has 0 aromatic carbocycles. The topological polar surface area (TPSA) is 72.3 Å². The SMILES string of the molecule is CCC1(CC)C(OC)CC1N(C)C(=O)NCc1nnc2n1CCC2. The number of fused-ring (bicyclic) bond motifs is 1. The van der Waals surface area contributed by atoms with Gasteiger partial charge in [-0.05, 0) is 25.7 Å². The Morgan fingerprint density at radius 3 is 2.83 bits per heavy atom. The maximum atomic E-state index is 12.6. The van der Waals surface area contributed by atoms with E-state index in [1.807, 2.05) is 11.9 Å². The molecule has 2 amide bonds. The van der Waals surface area contributed by atoms with E-state index < -0.39 is 0 Å². The first-order valence-corrected chi connectivity index (χ1v) is 9.01. The van der Waals surface area contributed by atoms with Gasteiger partial charge in [0.25, 0.3) is 0 Å². The summed E-state index contributed by atoms with van der Waals surface area (Å²) in [6.07, 6.45) is 5.28. The molecule has 7 nitrogen and oxygen atoms in total. The largest absolute Gasteiger partial charge is 0.381 e. The number of aromatic nitrogens is 3. The van der Waals surface area contributed by atoms with Crippen LogP contribution in [0, 0.1) is 5.41 Å². The monoisotopic (exact) mass is 335 g/mol. The molecule has 2 unspecified atom stereocenters. The molecule has 2 atom stereocenters. The second-order valence-electron chi connectivity index (χ2n) is 6.97. The van der Waals surface area contributed by atoms with Gasteiger partial charge in [-0.3, -0.25) is 0 Å². The van der Waals surface area contributed by atoms with Crippen LogP contribution in [0.15, 0.2) is 0 Å². The van der Waals surface area contributed by atoms with Crippen LogP contribution in [0.25, 0.3) is 0 Å². The Balaban J connectivity index is 1.60. The molecule has 1 aromatic heterocycles. The Hall–Kier alpha value is -1.63. The number of hydrogen-bond donors (Lipinski definition) is 1. The normalized spacial score (nSPS) is 24.3. The lowest BCUT2D eigenvalue weighted by atomic mass is 9.58. The highest BCUT2D eigenvalue weighted by atomic mass is 16.5. The van der Waals surface area contributed by atoms with Crippen molar-refractivity contribution in [1.29, 1.82) is 0 Å². The van der Waals surface area contributed by atoms with Gasteiger partial charge in [-0.25, -0.2) is 4.79 Å². The molecule has 7 heteroatoms. The fourth-order valence-corrected chi connectivity index (χ4v) is 4.54. The van der Waals surface area contributed by atoms with Gasteiger partial charge in [0.1, 0.15) is 5.82 Å². The van der Waals surface area contributed by atoms with Crippen LogP contribution < -0.4 is 5.32 Å². The van der Waals surface area contributed by atoms with Crippen molar-refractivity contribution in [3.05, 3.63) is 11.6 Å². The number of carbonyl (C=O) groups is 1. The lowest BCUT2D eigenvalue weighted by Gasteiger charge is -2.57. The van der Waals surface area contributed by atoms with Gasteiger partial charge >= 0.3 is 6.03 Å². The first kappa shape index (κ1) is 17.2. The molecule has 0 bridgehead atoms. The second-order valence-corrected chi connectivity index (χ2v) is 6.97. The minimum Gasteiger partial charge on any atom is -0.381 e. The molecule has 0 radical (unpaired) electrons. The maximum absolute atomic E-state index is 12.6. The van der Waals surface area contributed by atoms with Gasteiger partial charge in [0.05, 0.1) is 12.6 Å². The number of urea groups is 1. The molecule has 24 heavy (non-hydrogen) atoms. The number of hydrogen-bond acceptors (Lipinski definition) is 4. The molecule has 1 aromatic rings. The Morgan fingerprint density at radius 1 is 1.42 bits per heavy atom. The number of ether oxygens (including phenoxy) is 1. The molecule has 1 saturated carbocycles. The number of rotatable bonds is 6. The van der Waals surface area contributed by atoms with Crippen molar-refractivity contribution in [1.82, 2.24) is 25.0 Å². The second kappa shape index (κ2) is 6.70. The molecule has 2 heterocycles. The number of amides is 2. The molecule has 2 aliphatic rings. The Morgan fingerprint density at radius 2 is 2.17 bits per heavy atom. The van der Waals surface area contributed by atoms with Crippen molar-refractivity contribution in [2.24, 2.45) is 5.41 Å². The highest BCUT2D eigenvalue weighted by Gasteiger charge is 2.55. The van der Waals surface area contributed by atoms with Crippen molar-refractivity contribution >= 4 is 6.03 Å². The molecule has 134 valence electrons. The third kappa shape index (κ3) is 2.59. The molecule has 1 N–H and O–H groups in total. The van der Waals surface area contributed by atoms with E-state index >= 15 is 0 Å². The van der Waals surface area contributed by atoms with Crippen LogP contribution in [-0.2, 0) is 24.2 Å². The first-order valence-electron chi connectivity index (χ1n) is 9.01. The van der Waals surface area contributed by atoms with Gasteiger partial charge in [-0.2, -0.15) is 0 Å². The fourth-order valence-electron chi connectivity index (χ4n) is 4.54. The summed E-state index contributed by atoms with van der Waals surface area (Å²) in [7, 11) is 3.66. The van der Waals surface area contributed by atoms with Gasteiger partial charge in [-0.1, -0.05) is 13.8 Å². The predicted octanol–water partition coefficient (Wildman–Crippen LogP) is 1.96. The van der Waals surface area contributed by atoms with Crippen molar-refractivity contribution in [3.8, 4) is 0 Å². The molecule has 1 aliphatic heterocycles. The van der Waals surface area contributed by atoms with E-state index in [4.69, 9.17) is 4.74 Å². The summed E-state index contributed by atoms with van der Waals surface area (Å²) in [4.78, 5) is 14.5. The molecule has 0 saturated heterocycles. The van der Waals surface area contributed by atoms with Gasteiger partial charge in [0.2, 0.25) is 0 Å². The van der Waals surface area contributed by atoms with Crippen LogP contribution in [0.1, 0.15) is 51.2 Å². The maximum Gasteiger partial charge on any atom is 0.317 e. The summed E-state index contributed by atoms with van der Waals surface area (Å²) in [6, 6.07) is 0.178. The van der Waals surface area contributed by atoms with E-state index in [2.05, 4.69) is 33.9 Å². The minimum atomic E-state index is -0.0452. The van der Waals surface area contributed by atoms with E-state index in [0.717, 1.165) is 50.3 Å². The van der Waals surface area contributed by atoms with Gasteiger partial charge < -0.3 is 19.5 Å². The van der Waals surface area contributed by atoms with Crippen molar-refractivity contribution in [3.63, 3.8) is 0 Å². The van der Waals surface area contributed by atoms with Crippen LogP contribution in [-0.4, -0.2) is 52.0 Å². The highest BCUT2D eigenvalue weighted by molar-refractivity contribution is 5.74. The predicted molar refractivity (Wildman–Crippen MR) is 90.6 cm³/mol. The number of nitrogens with zero attached hydrogens (tertiary/aromatic N) is 4. The third-order valence-corrected chi connectivity index (χ3v) is 6.21. The molecule has 0 spiro atoms. The number of nitrogens with one attached hydrogen (secondary N) is 1. The quantitative estimate of drug-likeness (QED) is 0.862. The zero-order valence-electron chi connectivity index (χ0n) is 15.2. The van der Waals surface area contributed by atoms with E-state index in [9.17, 15) is 4.79 Å². The summed E-state index contributed by atoms with van der Waals surface area (Å²) in [5.74, 6) is 1.88. The van der Waals surface area contributed by atoms with Crippen LogP contribution in [0.3, 0.4) is 0 Å².